The Morgan fingerprint density at radius 2 is 1.90 bits per heavy atom. The van der Waals surface area contributed by atoms with Gasteiger partial charge in [0.25, 0.3) is 11.5 Å². The van der Waals surface area contributed by atoms with Crippen LogP contribution in [0, 0.1) is 20.8 Å². The minimum Gasteiger partial charge on any atom is -0.321 e. The smallest absolute Gasteiger partial charge is 0.277 e. The summed E-state index contributed by atoms with van der Waals surface area (Å²) in [6, 6.07) is 7.39. The van der Waals surface area contributed by atoms with Crippen LogP contribution >= 0.6 is 11.3 Å². The predicted molar refractivity (Wildman–Crippen MR) is 119 cm³/mol. The van der Waals surface area contributed by atoms with E-state index in [4.69, 9.17) is 0 Å². The van der Waals surface area contributed by atoms with Crippen LogP contribution in [0.2, 0.25) is 0 Å². The minimum absolute atomic E-state index is 0.236. The third-order valence-corrected chi connectivity index (χ3v) is 6.21. The predicted octanol–water partition coefficient (Wildman–Crippen LogP) is 2.88. The first-order chi connectivity index (χ1) is 14.8. The van der Waals surface area contributed by atoms with Crippen molar-refractivity contribution in [1.29, 1.82) is 0 Å². The number of anilines is 1. The van der Waals surface area contributed by atoms with E-state index < -0.39 is 0 Å². The monoisotopic (exact) mass is 435 g/mol. The first-order valence-corrected chi connectivity index (χ1v) is 10.4. The second-order valence-corrected chi connectivity index (χ2v) is 8.25. The van der Waals surface area contributed by atoms with E-state index in [1.54, 1.807) is 30.9 Å². The minimum atomic E-state index is -0.281. The van der Waals surface area contributed by atoms with E-state index in [1.807, 2.05) is 39.1 Å². The van der Waals surface area contributed by atoms with Crippen molar-refractivity contribution >= 4 is 22.9 Å². The lowest BCUT2D eigenvalue weighted by Crippen LogP contribution is -2.23. The highest BCUT2D eigenvalue weighted by Crippen LogP contribution is 2.29. The van der Waals surface area contributed by atoms with E-state index in [2.05, 4.69) is 25.6 Å². The van der Waals surface area contributed by atoms with Crippen LogP contribution in [0.4, 0.5) is 5.69 Å². The van der Waals surface area contributed by atoms with E-state index in [-0.39, 0.29) is 11.5 Å². The summed E-state index contributed by atoms with van der Waals surface area (Å²) < 4.78 is 3.10. The molecule has 0 aliphatic carbocycles. The topological polar surface area (TPSA) is 108 Å². The van der Waals surface area contributed by atoms with Gasteiger partial charge in [-0.05, 0) is 38.5 Å². The van der Waals surface area contributed by atoms with Crippen LogP contribution in [0.3, 0.4) is 0 Å². The molecule has 3 heterocycles. The van der Waals surface area contributed by atoms with E-state index >= 15 is 0 Å². The summed E-state index contributed by atoms with van der Waals surface area (Å²) in [6.07, 6.45) is 1.62. The van der Waals surface area contributed by atoms with Crippen LogP contribution in [-0.4, -0.2) is 35.4 Å². The van der Waals surface area contributed by atoms with Gasteiger partial charge in [-0.1, -0.05) is 12.1 Å². The number of aromatic nitrogens is 6. The lowest BCUT2D eigenvalue weighted by molar-refractivity contribution is 0.103. The average molecular weight is 436 g/mol. The first kappa shape index (κ1) is 20.6. The normalized spacial score (nSPS) is 11.0. The highest BCUT2D eigenvalue weighted by Gasteiger charge is 2.21. The molecule has 4 rings (SSSR count). The van der Waals surface area contributed by atoms with Crippen molar-refractivity contribution in [2.75, 3.05) is 5.32 Å². The van der Waals surface area contributed by atoms with Crippen molar-refractivity contribution in [3.05, 3.63) is 62.8 Å². The SMILES string of the molecule is Cc1nc(-c2c(C)c(C)nn(C)c2=O)sc1C(=O)Nc1cccc(-c2nncn2C)c1. The van der Waals surface area contributed by atoms with E-state index in [0.29, 0.717) is 32.7 Å². The number of thiazole rings is 1. The largest absolute Gasteiger partial charge is 0.321 e. The maximum absolute atomic E-state index is 13.0. The van der Waals surface area contributed by atoms with Crippen molar-refractivity contribution in [2.45, 2.75) is 20.8 Å². The molecule has 10 heteroatoms. The van der Waals surface area contributed by atoms with Crippen molar-refractivity contribution in [2.24, 2.45) is 14.1 Å². The van der Waals surface area contributed by atoms with E-state index in [1.165, 1.54) is 16.0 Å². The van der Waals surface area contributed by atoms with Gasteiger partial charge in [-0.15, -0.1) is 21.5 Å². The van der Waals surface area contributed by atoms with Gasteiger partial charge in [0, 0.05) is 25.3 Å². The number of nitrogens with one attached hydrogen (secondary N) is 1. The summed E-state index contributed by atoms with van der Waals surface area (Å²) in [5, 5.41) is 15.6. The number of rotatable bonds is 4. The number of carbonyl (C=O) groups is 1. The molecule has 0 bridgehead atoms. The van der Waals surface area contributed by atoms with Crippen molar-refractivity contribution in [3.8, 4) is 22.0 Å². The summed E-state index contributed by atoms with van der Waals surface area (Å²) in [5.41, 5.74) is 3.79. The fourth-order valence-corrected chi connectivity index (χ4v) is 4.34. The third-order valence-electron chi connectivity index (χ3n) is 5.03. The summed E-state index contributed by atoms with van der Waals surface area (Å²) in [4.78, 5) is 30.6. The molecule has 3 aromatic heterocycles. The van der Waals surface area contributed by atoms with E-state index in [9.17, 15) is 9.59 Å². The number of aryl methyl sites for hydroxylation is 4. The maximum atomic E-state index is 13.0. The molecular formula is C21H21N7O2S. The Morgan fingerprint density at radius 1 is 1.13 bits per heavy atom. The highest BCUT2D eigenvalue weighted by molar-refractivity contribution is 7.17. The van der Waals surface area contributed by atoms with Gasteiger partial charge in [-0.25, -0.2) is 9.67 Å². The van der Waals surface area contributed by atoms with Crippen molar-refractivity contribution in [1.82, 2.24) is 29.5 Å². The van der Waals surface area contributed by atoms with Gasteiger partial charge in [-0.2, -0.15) is 5.10 Å². The number of hydrogen-bond acceptors (Lipinski definition) is 7. The summed E-state index contributed by atoms with van der Waals surface area (Å²) in [7, 11) is 3.46. The Kier molecular flexibility index (Phi) is 5.24. The quantitative estimate of drug-likeness (QED) is 0.528. The number of benzene rings is 1. The Bertz CT molecular complexity index is 1370. The molecule has 158 valence electrons. The molecule has 0 spiro atoms. The molecule has 0 saturated heterocycles. The number of amides is 1. The van der Waals surface area contributed by atoms with Crippen LogP contribution in [0.25, 0.3) is 22.0 Å². The molecule has 1 aromatic carbocycles. The van der Waals surface area contributed by atoms with Gasteiger partial charge < -0.3 is 9.88 Å². The average Bonchev–Trinajstić information content (AvgIpc) is 3.32. The second kappa shape index (κ2) is 7.88. The first-order valence-electron chi connectivity index (χ1n) is 9.54. The maximum Gasteiger partial charge on any atom is 0.277 e. The van der Waals surface area contributed by atoms with Crippen LogP contribution in [0.5, 0.6) is 0 Å². The molecule has 1 N–H and O–H groups in total. The number of carbonyl (C=O) groups excluding carboxylic acids is 1. The molecule has 0 aliphatic rings. The van der Waals surface area contributed by atoms with Crippen molar-refractivity contribution < 1.29 is 4.79 Å². The highest BCUT2D eigenvalue weighted by atomic mass is 32.1. The van der Waals surface area contributed by atoms with Gasteiger partial charge in [0.15, 0.2) is 5.82 Å². The molecule has 4 aromatic rings. The van der Waals surface area contributed by atoms with Crippen molar-refractivity contribution in [3.63, 3.8) is 0 Å². The summed E-state index contributed by atoms with van der Waals surface area (Å²) in [6.45, 7) is 5.45. The van der Waals surface area contributed by atoms with Crippen LogP contribution in [0.15, 0.2) is 35.4 Å². The lowest BCUT2D eigenvalue weighted by atomic mass is 10.1. The third kappa shape index (κ3) is 3.77. The standard InChI is InChI=1S/C21H21N7O2S/c1-11-12(2)26-28(5)21(30)16(11)20-23-13(3)17(31-20)19(29)24-15-8-6-7-14(9-15)18-25-22-10-27(18)4/h6-10H,1-5H3,(H,24,29). The van der Waals surface area contributed by atoms with Gasteiger partial charge in [0.1, 0.15) is 16.2 Å². The molecule has 0 radical (unpaired) electrons. The van der Waals surface area contributed by atoms with Gasteiger partial charge in [0.05, 0.1) is 17.0 Å². The molecule has 9 nitrogen and oxygen atoms in total. The fraction of sp³-hybridized carbons (Fsp3) is 0.238. The molecule has 0 saturated carbocycles. The van der Waals surface area contributed by atoms with E-state index in [0.717, 1.165) is 16.8 Å². The van der Waals surface area contributed by atoms with Gasteiger partial charge in [-0.3, -0.25) is 9.59 Å². The van der Waals surface area contributed by atoms with Gasteiger partial charge >= 0.3 is 0 Å². The molecule has 0 atom stereocenters. The number of nitrogens with zero attached hydrogens (tertiary/aromatic N) is 6. The molecule has 0 unspecified atom stereocenters. The summed E-state index contributed by atoms with van der Waals surface area (Å²) >= 11 is 1.20. The number of hydrogen-bond donors (Lipinski definition) is 1. The molecule has 1 amide bonds. The summed E-state index contributed by atoms with van der Waals surface area (Å²) in [5.74, 6) is 0.420. The second-order valence-electron chi connectivity index (χ2n) is 7.25. The Hall–Kier alpha value is -3.66. The molecule has 0 aliphatic heterocycles. The Balaban J connectivity index is 1.66. The van der Waals surface area contributed by atoms with Crippen LogP contribution < -0.4 is 10.9 Å². The molecular weight excluding hydrogens is 414 g/mol. The lowest BCUT2D eigenvalue weighted by Gasteiger charge is -2.07. The molecule has 0 fully saturated rings. The van der Waals surface area contributed by atoms with Crippen LogP contribution in [-0.2, 0) is 14.1 Å². The Morgan fingerprint density at radius 3 is 2.61 bits per heavy atom. The van der Waals surface area contributed by atoms with Crippen LogP contribution in [0.1, 0.15) is 26.6 Å². The Labute approximate surface area is 182 Å². The zero-order chi connectivity index (χ0) is 22.3. The zero-order valence-corrected chi connectivity index (χ0v) is 18.6. The van der Waals surface area contributed by atoms with Gasteiger partial charge in [0.2, 0.25) is 0 Å². The fourth-order valence-electron chi connectivity index (χ4n) is 3.28. The molecule has 31 heavy (non-hydrogen) atoms. The zero-order valence-electron chi connectivity index (χ0n) is 17.8.